The first kappa shape index (κ1) is 20.2. The van der Waals surface area contributed by atoms with Gasteiger partial charge < -0.3 is 9.64 Å². The number of carbonyl (C=O) groups is 2. The fourth-order valence-corrected chi connectivity index (χ4v) is 4.65. The zero-order chi connectivity index (χ0) is 21.3. The molecule has 4 rings (SSSR count). The first-order chi connectivity index (χ1) is 14.5. The lowest BCUT2D eigenvalue weighted by molar-refractivity contribution is -0.148. The molecule has 2 aromatic heterocycles. The van der Waals surface area contributed by atoms with Crippen LogP contribution in [0.5, 0.6) is 0 Å². The first-order valence-corrected chi connectivity index (χ1v) is 9.99. The number of likely N-dealkylation sites (N-methyl/N-ethyl adjacent to an activating group) is 1. The maximum Gasteiger partial charge on any atom is 0.325 e. The van der Waals surface area contributed by atoms with Gasteiger partial charge in [-0.25, -0.2) is 9.97 Å². The Morgan fingerprint density at radius 2 is 1.97 bits per heavy atom. The van der Waals surface area contributed by atoms with E-state index in [4.69, 9.17) is 4.74 Å². The molecule has 30 heavy (non-hydrogen) atoms. The van der Waals surface area contributed by atoms with Crippen LogP contribution in [-0.4, -0.2) is 70.0 Å². The van der Waals surface area contributed by atoms with Crippen LogP contribution in [0.1, 0.15) is 29.9 Å². The Kier molecular flexibility index (Phi) is 5.63. The third-order valence-electron chi connectivity index (χ3n) is 5.93. The second-order valence-electron chi connectivity index (χ2n) is 7.93. The van der Waals surface area contributed by atoms with Crippen molar-refractivity contribution in [3.63, 3.8) is 0 Å². The summed E-state index contributed by atoms with van der Waals surface area (Å²) in [6.07, 6.45) is 4.25. The molecule has 0 saturated carbocycles. The van der Waals surface area contributed by atoms with Crippen molar-refractivity contribution in [2.75, 3.05) is 33.8 Å². The average Bonchev–Trinajstić information content (AvgIpc) is 2.74. The molecule has 0 spiro atoms. The van der Waals surface area contributed by atoms with Gasteiger partial charge in [0.2, 0.25) is 5.91 Å². The first-order valence-electron chi connectivity index (χ1n) is 9.99. The van der Waals surface area contributed by atoms with Crippen LogP contribution < -0.4 is 5.56 Å². The third kappa shape index (κ3) is 3.85. The van der Waals surface area contributed by atoms with Crippen molar-refractivity contribution in [2.45, 2.75) is 24.9 Å². The number of fused-ring (bicyclic) bond motifs is 4. The lowest BCUT2D eigenvalue weighted by Gasteiger charge is -2.46. The predicted octanol–water partition coefficient (Wildman–Crippen LogP) is 0.430. The normalized spacial score (nSPS) is 22.8. The maximum atomic E-state index is 13.3. The van der Waals surface area contributed by atoms with E-state index in [0.717, 1.165) is 24.5 Å². The number of likely N-dealkylation sites (tertiary alicyclic amines) is 1. The van der Waals surface area contributed by atoms with E-state index in [-0.39, 0.29) is 29.8 Å². The Morgan fingerprint density at radius 3 is 2.70 bits per heavy atom. The molecule has 9 nitrogen and oxygen atoms in total. The molecule has 2 aliphatic heterocycles. The van der Waals surface area contributed by atoms with Crippen LogP contribution in [0.3, 0.4) is 0 Å². The molecule has 158 valence electrons. The van der Waals surface area contributed by atoms with Crippen molar-refractivity contribution >= 4 is 11.9 Å². The van der Waals surface area contributed by atoms with Gasteiger partial charge in [-0.3, -0.25) is 23.9 Å². The highest BCUT2D eigenvalue weighted by Gasteiger charge is 2.44. The summed E-state index contributed by atoms with van der Waals surface area (Å²) in [5, 5.41) is 0. The van der Waals surface area contributed by atoms with Crippen LogP contribution in [0.25, 0.3) is 0 Å². The van der Waals surface area contributed by atoms with E-state index in [9.17, 15) is 14.4 Å². The van der Waals surface area contributed by atoms with Crippen molar-refractivity contribution in [3.8, 4) is 0 Å². The molecule has 0 aliphatic carbocycles. The lowest BCUT2D eigenvalue weighted by Crippen LogP contribution is -2.53. The van der Waals surface area contributed by atoms with E-state index >= 15 is 0 Å². The third-order valence-corrected chi connectivity index (χ3v) is 5.93. The Bertz CT molecular complexity index is 992. The summed E-state index contributed by atoms with van der Waals surface area (Å²) in [4.78, 5) is 50.0. The van der Waals surface area contributed by atoms with Crippen molar-refractivity contribution in [1.82, 2.24) is 24.3 Å². The monoisotopic (exact) mass is 411 g/mol. The zero-order valence-electron chi connectivity index (χ0n) is 17.1. The topological polar surface area (TPSA) is 97.6 Å². The number of esters is 1. The summed E-state index contributed by atoms with van der Waals surface area (Å²) in [6, 6.07) is 6.28. The number of methoxy groups -OCH3 is 1. The number of amides is 1. The van der Waals surface area contributed by atoms with Gasteiger partial charge in [0.1, 0.15) is 18.4 Å². The van der Waals surface area contributed by atoms with Gasteiger partial charge in [0.05, 0.1) is 13.7 Å². The number of hydrogen-bond donors (Lipinski definition) is 0. The standard InChI is InChI=1S/C21H25N5O4/c1-24(13-19(28)30-2)21(29)20-15-9-14(16-5-3-6-18(27)26(16)20)10-25(11-15)12-17-22-7-4-8-23-17/h3-8,14-15,20H,9-13H2,1-2H3/t14-,15+,20+/m0/s1. The van der Waals surface area contributed by atoms with Gasteiger partial charge >= 0.3 is 5.97 Å². The van der Waals surface area contributed by atoms with E-state index in [1.165, 1.54) is 18.1 Å². The molecule has 0 radical (unpaired) electrons. The number of ether oxygens (including phenoxy) is 1. The second-order valence-corrected chi connectivity index (χ2v) is 7.93. The molecule has 0 aromatic carbocycles. The zero-order valence-corrected chi connectivity index (χ0v) is 17.1. The fraction of sp³-hybridized carbons (Fsp3) is 0.476. The molecule has 4 heterocycles. The van der Waals surface area contributed by atoms with Gasteiger partial charge in [0.25, 0.3) is 5.56 Å². The summed E-state index contributed by atoms with van der Waals surface area (Å²) in [5.41, 5.74) is 0.675. The van der Waals surface area contributed by atoms with Gasteiger partial charge in [0, 0.05) is 56.1 Å². The molecule has 9 heteroatoms. The summed E-state index contributed by atoms with van der Waals surface area (Å²) >= 11 is 0. The fourth-order valence-electron chi connectivity index (χ4n) is 4.65. The van der Waals surface area contributed by atoms with Crippen LogP contribution in [-0.2, 0) is 20.9 Å². The van der Waals surface area contributed by atoms with E-state index < -0.39 is 12.0 Å². The minimum Gasteiger partial charge on any atom is -0.468 e. The molecule has 1 amide bonds. The van der Waals surface area contributed by atoms with Crippen LogP contribution in [0.2, 0.25) is 0 Å². The molecule has 3 atom stereocenters. The second kappa shape index (κ2) is 8.35. The largest absolute Gasteiger partial charge is 0.468 e. The molecule has 2 aliphatic rings. The van der Waals surface area contributed by atoms with Crippen molar-refractivity contribution in [2.24, 2.45) is 5.92 Å². The van der Waals surface area contributed by atoms with Crippen LogP contribution in [0, 0.1) is 5.92 Å². The average molecular weight is 411 g/mol. The van der Waals surface area contributed by atoms with Crippen LogP contribution >= 0.6 is 0 Å². The Labute approximate surface area is 174 Å². The van der Waals surface area contributed by atoms with Gasteiger partial charge in [-0.05, 0) is 18.6 Å². The Morgan fingerprint density at radius 1 is 1.20 bits per heavy atom. The van der Waals surface area contributed by atoms with E-state index in [1.807, 2.05) is 6.07 Å². The van der Waals surface area contributed by atoms with Crippen LogP contribution in [0.4, 0.5) is 0 Å². The van der Waals surface area contributed by atoms with E-state index in [2.05, 4.69) is 14.9 Å². The van der Waals surface area contributed by atoms with Gasteiger partial charge in [0.15, 0.2) is 0 Å². The maximum absolute atomic E-state index is 13.3. The number of carbonyl (C=O) groups excluding carboxylic acids is 2. The summed E-state index contributed by atoms with van der Waals surface area (Å²) < 4.78 is 6.32. The molecule has 0 N–H and O–H groups in total. The van der Waals surface area contributed by atoms with Crippen molar-refractivity contribution in [3.05, 3.63) is 58.5 Å². The van der Waals surface area contributed by atoms with Crippen molar-refractivity contribution in [1.29, 1.82) is 0 Å². The molecule has 1 fully saturated rings. The van der Waals surface area contributed by atoms with Crippen molar-refractivity contribution < 1.29 is 14.3 Å². The summed E-state index contributed by atoms with van der Waals surface area (Å²) in [6.45, 7) is 1.86. The summed E-state index contributed by atoms with van der Waals surface area (Å²) in [5.74, 6) is 0.0838. The van der Waals surface area contributed by atoms with Crippen LogP contribution in [0.15, 0.2) is 41.5 Å². The van der Waals surface area contributed by atoms with Gasteiger partial charge in [-0.2, -0.15) is 0 Å². The molecule has 0 unspecified atom stereocenters. The minimum absolute atomic E-state index is 0.0485. The minimum atomic E-state index is -0.654. The molecule has 1 saturated heterocycles. The number of pyridine rings is 1. The highest BCUT2D eigenvalue weighted by atomic mass is 16.5. The highest BCUT2D eigenvalue weighted by Crippen LogP contribution is 2.41. The SMILES string of the molecule is COC(=O)CN(C)C(=O)[C@H]1[C@@H]2C[C@@H](CN(Cc3ncccn3)C2)c2cccc(=O)n21. The highest BCUT2D eigenvalue weighted by molar-refractivity contribution is 5.85. The molecular weight excluding hydrogens is 386 g/mol. The smallest absolute Gasteiger partial charge is 0.325 e. The van der Waals surface area contributed by atoms with E-state index in [1.54, 1.807) is 36.1 Å². The number of hydrogen-bond acceptors (Lipinski definition) is 7. The summed E-state index contributed by atoms with van der Waals surface area (Å²) in [7, 11) is 2.85. The Hall–Kier alpha value is -3.07. The van der Waals surface area contributed by atoms with E-state index in [0.29, 0.717) is 13.1 Å². The number of aromatic nitrogens is 3. The predicted molar refractivity (Wildman–Crippen MR) is 108 cm³/mol. The lowest BCUT2D eigenvalue weighted by atomic mass is 9.78. The molecule has 2 bridgehead atoms. The quantitative estimate of drug-likeness (QED) is 0.658. The number of nitrogens with zero attached hydrogens (tertiary/aromatic N) is 5. The number of rotatable bonds is 5. The molecular formula is C21H25N5O4. The van der Waals surface area contributed by atoms with Gasteiger partial charge in [-0.15, -0.1) is 0 Å². The van der Waals surface area contributed by atoms with Gasteiger partial charge in [-0.1, -0.05) is 6.07 Å². The molecule has 2 aromatic rings. The number of piperidine rings is 1. The Balaban J connectivity index is 1.65.